The van der Waals surface area contributed by atoms with Crippen molar-refractivity contribution in [2.45, 2.75) is 25.7 Å². The van der Waals surface area contributed by atoms with Crippen molar-refractivity contribution in [2.24, 2.45) is 5.92 Å². The third kappa shape index (κ3) is 3.42. The quantitative estimate of drug-likeness (QED) is 0.886. The van der Waals surface area contributed by atoms with Gasteiger partial charge in [0.05, 0.1) is 0 Å². The largest absolute Gasteiger partial charge is 0.381 e. The maximum absolute atomic E-state index is 12.1. The molecule has 2 N–H and O–H groups in total. The molecule has 5 heteroatoms. The molecule has 0 radical (unpaired) electrons. The molecule has 1 aromatic carbocycles. The molecule has 112 valence electrons. The van der Waals surface area contributed by atoms with E-state index in [1.807, 2.05) is 12.1 Å². The summed E-state index contributed by atoms with van der Waals surface area (Å²) in [6, 6.07) is 5.45. The standard InChI is InChI=1S/C16H20N2O3/c19-15-4-2-12-9-13(1-3-14(12)18-15)16(20)17-7-5-11-6-8-21-10-11/h1,3,9,11H,2,4-8,10H2,(H,17,20)(H,18,19). The van der Waals surface area contributed by atoms with Gasteiger partial charge in [-0.3, -0.25) is 9.59 Å². The van der Waals surface area contributed by atoms with Crippen LogP contribution in [-0.2, 0) is 16.0 Å². The Labute approximate surface area is 124 Å². The van der Waals surface area contributed by atoms with E-state index in [1.165, 1.54) is 0 Å². The highest BCUT2D eigenvalue weighted by Crippen LogP contribution is 2.23. The Kier molecular flexibility index (Phi) is 4.20. The molecule has 0 spiro atoms. The van der Waals surface area contributed by atoms with Gasteiger partial charge in [0.2, 0.25) is 5.91 Å². The second kappa shape index (κ2) is 6.26. The summed E-state index contributed by atoms with van der Waals surface area (Å²) < 4.78 is 5.32. The Morgan fingerprint density at radius 2 is 2.29 bits per heavy atom. The minimum atomic E-state index is -0.0476. The lowest BCUT2D eigenvalue weighted by atomic mass is 10.00. The predicted octanol–water partition coefficient (Wildman–Crippen LogP) is 1.73. The Balaban J connectivity index is 1.56. The normalized spacial score (nSPS) is 20.8. The number of anilines is 1. The number of amides is 2. The molecular weight excluding hydrogens is 268 g/mol. The van der Waals surface area contributed by atoms with Crippen molar-refractivity contribution < 1.29 is 14.3 Å². The molecule has 0 saturated carbocycles. The van der Waals surface area contributed by atoms with Crippen LogP contribution in [0, 0.1) is 5.92 Å². The molecule has 2 aliphatic heterocycles. The molecule has 0 bridgehead atoms. The second-order valence-corrected chi connectivity index (χ2v) is 5.69. The van der Waals surface area contributed by atoms with Crippen LogP contribution in [0.5, 0.6) is 0 Å². The smallest absolute Gasteiger partial charge is 0.251 e. The Bertz CT molecular complexity index is 550. The van der Waals surface area contributed by atoms with Crippen LogP contribution in [0.15, 0.2) is 18.2 Å². The van der Waals surface area contributed by atoms with E-state index < -0.39 is 0 Å². The second-order valence-electron chi connectivity index (χ2n) is 5.69. The fourth-order valence-corrected chi connectivity index (χ4v) is 2.83. The van der Waals surface area contributed by atoms with Crippen LogP contribution in [0.2, 0.25) is 0 Å². The van der Waals surface area contributed by atoms with Crippen molar-refractivity contribution in [3.63, 3.8) is 0 Å². The first kappa shape index (κ1) is 14.1. The molecule has 2 amide bonds. The highest BCUT2D eigenvalue weighted by molar-refractivity contribution is 5.97. The van der Waals surface area contributed by atoms with E-state index in [9.17, 15) is 9.59 Å². The molecule has 21 heavy (non-hydrogen) atoms. The molecule has 2 aliphatic rings. The zero-order chi connectivity index (χ0) is 14.7. The lowest BCUT2D eigenvalue weighted by Gasteiger charge is -2.17. The van der Waals surface area contributed by atoms with Gasteiger partial charge in [-0.05, 0) is 48.9 Å². The van der Waals surface area contributed by atoms with Gasteiger partial charge in [-0.25, -0.2) is 0 Å². The summed E-state index contributed by atoms with van der Waals surface area (Å²) in [6.45, 7) is 2.34. The molecule has 3 rings (SSSR count). The molecule has 0 aliphatic carbocycles. The van der Waals surface area contributed by atoms with Gasteiger partial charge in [-0.1, -0.05) is 0 Å². The molecule has 1 saturated heterocycles. The molecule has 0 aromatic heterocycles. The van der Waals surface area contributed by atoms with Crippen LogP contribution in [0.3, 0.4) is 0 Å². The average Bonchev–Trinajstić information content (AvgIpc) is 3.00. The summed E-state index contributed by atoms with van der Waals surface area (Å²) >= 11 is 0. The fourth-order valence-electron chi connectivity index (χ4n) is 2.83. The summed E-state index contributed by atoms with van der Waals surface area (Å²) in [5.41, 5.74) is 2.52. The van der Waals surface area contributed by atoms with Gasteiger partial charge >= 0.3 is 0 Å². The van der Waals surface area contributed by atoms with E-state index in [0.717, 1.165) is 37.3 Å². The van der Waals surface area contributed by atoms with Crippen LogP contribution in [0.25, 0.3) is 0 Å². The summed E-state index contributed by atoms with van der Waals surface area (Å²) in [4.78, 5) is 23.5. The zero-order valence-electron chi connectivity index (χ0n) is 12.0. The Morgan fingerprint density at radius 1 is 1.38 bits per heavy atom. The number of benzene rings is 1. The van der Waals surface area contributed by atoms with E-state index in [0.29, 0.717) is 30.9 Å². The topological polar surface area (TPSA) is 67.4 Å². The maximum atomic E-state index is 12.1. The summed E-state index contributed by atoms with van der Waals surface area (Å²) in [5, 5.41) is 5.78. The number of hydrogen-bond donors (Lipinski definition) is 2. The predicted molar refractivity (Wildman–Crippen MR) is 79.3 cm³/mol. The first-order valence-corrected chi connectivity index (χ1v) is 7.51. The van der Waals surface area contributed by atoms with Gasteiger partial charge in [-0.2, -0.15) is 0 Å². The third-order valence-corrected chi connectivity index (χ3v) is 4.13. The van der Waals surface area contributed by atoms with Crippen molar-refractivity contribution in [2.75, 3.05) is 25.1 Å². The van der Waals surface area contributed by atoms with Crippen molar-refractivity contribution in [1.29, 1.82) is 0 Å². The number of ether oxygens (including phenoxy) is 1. The number of aryl methyl sites for hydroxylation is 1. The Morgan fingerprint density at radius 3 is 3.10 bits per heavy atom. The number of fused-ring (bicyclic) bond motifs is 1. The summed E-state index contributed by atoms with van der Waals surface area (Å²) in [7, 11) is 0. The number of carbonyl (C=O) groups excluding carboxylic acids is 2. The van der Waals surface area contributed by atoms with Crippen LogP contribution in [0.4, 0.5) is 5.69 Å². The van der Waals surface area contributed by atoms with E-state index in [2.05, 4.69) is 10.6 Å². The number of carbonyl (C=O) groups is 2. The lowest BCUT2D eigenvalue weighted by Crippen LogP contribution is -2.26. The Hall–Kier alpha value is -1.88. The fraction of sp³-hybridized carbons (Fsp3) is 0.500. The van der Waals surface area contributed by atoms with Crippen LogP contribution in [0.1, 0.15) is 35.2 Å². The molecule has 1 unspecified atom stereocenters. The molecule has 1 fully saturated rings. The van der Waals surface area contributed by atoms with E-state index in [1.54, 1.807) is 6.07 Å². The van der Waals surface area contributed by atoms with Crippen molar-refractivity contribution >= 4 is 17.5 Å². The number of rotatable bonds is 4. The third-order valence-electron chi connectivity index (χ3n) is 4.13. The van der Waals surface area contributed by atoms with Crippen LogP contribution < -0.4 is 10.6 Å². The van der Waals surface area contributed by atoms with E-state index >= 15 is 0 Å². The zero-order valence-corrected chi connectivity index (χ0v) is 12.0. The molecular formula is C16H20N2O3. The summed E-state index contributed by atoms with van der Waals surface area (Å²) in [6.07, 6.45) is 3.24. The first-order valence-electron chi connectivity index (χ1n) is 7.51. The van der Waals surface area contributed by atoms with Crippen molar-refractivity contribution in [3.05, 3.63) is 29.3 Å². The van der Waals surface area contributed by atoms with Gasteiger partial charge in [0.25, 0.3) is 5.91 Å². The number of hydrogen-bond acceptors (Lipinski definition) is 3. The van der Waals surface area contributed by atoms with Crippen molar-refractivity contribution in [3.8, 4) is 0 Å². The summed E-state index contributed by atoms with van der Waals surface area (Å²) in [5.74, 6) is 0.566. The molecule has 1 aromatic rings. The van der Waals surface area contributed by atoms with Gasteiger partial charge in [0.15, 0.2) is 0 Å². The van der Waals surface area contributed by atoms with Gasteiger partial charge in [0, 0.05) is 37.4 Å². The van der Waals surface area contributed by atoms with E-state index in [-0.39, 0.29) is 11.8 Å². The minimum Gasteiger partial charge on any atom is -0.381 e. The van der Waals surface area contributed by atoms with Gasteiger partial charge in [0.1, 0.15) is 0 Å². The SMILES string of the molecule is O=C1CCc2cc(C(=O)NCCC3CCOC3)ccc2N1. The molecule has 1 atom stereocenters. The van der Waals surface area contributed by atoms with Gasteiger partial charge in [-0.15, -0.1) is 0 Å². The van der Waals surface area contributed by atoms with Gasteiger partial charge < -0.3 is 15.4 Å². The monoisotopic (exact) mass is 288 g/mol. The molecule has 2 heterocycles. The maximum Gasteiger partial charge on any atom is 0.251 e. The molecule has 5 nitrogen and oxygen atoms in total. The van der Waals surface area contributed by atoms with Crippen LogP contribution in [-0.4, -0.2) is 31.6 Å². The van der Waals surface area contributed by atoms with E-state index in [4.69, 9.17) is 4.74 Å². The highest BCUT2D eigenvalue weighted by atomic mass is 16.5. The van der Waals surface area contributed by atoms with Crippen LogP contribution >= 0.6 is 0 Å². The highest BCUT2D eigenvalue weighted by Gasteiger charge is 2.18. The average molecular weight is 288 g/mol. The number of nitrogens with one attached hydrogen (secondary N) is 2. The lowest BCUT2D eigenvalue weighted by molar-refractivity contribution is -0.116. The van der Waals surface area contributed by atoms with Crippen molar-refractivity contribution in [1.82, 2.24) is 5.32 Å². The first-order chi connectivity index (χ1) is 10.2. The minimum absolute atomic E-state index is 0.0403.